The Balaban J connectivity index is 1.29. The number of hydrogen-bond acceptors (Lipinski definition) is 5. The van der Waals surface area contributed by atoms with Crippen LogP contribution in [0.25, 0.3) is 11.1 Å². The average Bonchev–Trinajstić information content (AvgIpc) is 3.18. The maximum absolute atomic E-state index is 12.2. The van der Waals surface area contributed by atoms with Crippen molar-refractivity contribution in [1.29, 1.82) is 0 Å². The summed E-state index contributed by atoms with van der Waals surface area (Å²) in [4.78, 5) is 16.8. The Labute approximate surface area is 204 Å². The highest BCUT2D eigenvalue weighted by Gasteiger charge is 2.10. The molecule has 2 N–H and O–H groups in total. The Morgan fingerprint density at radius 1 is 0.971 bits per heavy atom. The van der Waals surface area contributed by atoms with Gasteiger partial charge in [0.2, 0.25) is 0 Å². The van der Waals surface area contributed by atoms with Gasteiger partial charge >= 0.3 is 0 Å². The van der Waals surface area contributed by atoms with E-state index in [4.69, 9.17) is 21.4 Å². The van der Waals surface area contributed by atoms with Crippen molar-refractivity contribution in [2.24, 2.45) is 0 Å². The molecule has 3 aromatic carbocycles. The van der Waals surface area contributed by atoms with Gasteiger partial charge in [-0.25, -0.2) is 4.98 Å². The van der Waals surface area contributed by atoms with Crippen molar-refractivity contribution in [1.82, 2.24) is 10.3 Å². The first-order valence-corrected chi connectivity index (χ1v) is 11.4. The number of anilines is 1. The van der Waals surface area contributed by atoms with Gasteiger partial charge in [-0.2, -0.15) is 0 Å². The molecule has 0 atom stereocenters. The van der Waals surface area contributed by atoms with Crippen molar-refractivity contribution in [3.63, 3.8) is 0 Å². The van der Waals surface area contributed by atoms with Gasteiger partial charge in [-0.3, -0.25) is 10.1 Å². The van der Waals surface area contributed by atoms with Crippen LogP contribution in [-0.2, 0) is 11.2 Å². The van der Waals surface area contributed by atoms with Crippen LogP contribution in [0.2, 0.25) is 0 Å². The Morgan fingerprint density at radius 2 is 1.74 bits per heavy atom. The van der Waals surface area contributed by atoms with E-state index in [1.54, 1.807) is 0 Å². The van der Waals surface area contributed by atoms with Crippen molar-refractivity contribution in [3.05, 3.63) is 88.3 Å². The second-order valence-electron chi connectivity index (χ2n) is 8.45. The average molecular weight is 474 g/mol. The normalized spacial score (nSPS) is 10.8. The Kier molecular flexibility index (Phi) is 6.93. The second kappa shape index (κ2) is 10.1. The van der Waals surface area contributed by atoms with E-state index >= 15 is 0 Å². The monoisotopic (exact) mass is 473 g/mol. The van der Waals surface area contributed by atoms with Gasteiger partial charge in [0, 0.05) is 12.1 Å². The van der Waals surface area contributed by atoms with Crippen LogP contribution in [0, 0.1) is 27.7 Å². The summed E-state index contributed by atoms with van der Waals surface area (Å²) in [6.07, 6.45) is 0.588. The third kappa shape index (κ3) is 5.80. The number of ether oxygens (including phenoxy) is 1. The molecule has 0 spiro atoms. The number of thiocarbonyl (C=S) groups is 1. The predicted octanol–water partition coefficient (Wildman–Crippen LogP) is 5.54. The number of nitrogens with zero attached hydrogens (tertiary/aromatic N) is 1. The zero-order chi connectivity index (χ0) is 24.2. The fraction of sp³-hybridized carbons (Fsp3) is 0.222. The van der Waals surface area contributed by atoms with E-state index in [0.29, 0.717) is 18.1 Å². The standard InChI is InChI=1S/C27H27N3O3S/c1-16-11-19(4)26-23(12-16)29-25(33-26)14-20-6-8-21(9-7-20)28-27(34)30-24(31)15-32-22-10-5-17(2)18(3)13-22/h5-13H,14-15H2,1-4H3,(H2,28,30,31,34). The molecule has 34 heavy (non-hydrogen) atoms. The maximum Gasteiger partial charge on any atom is 0.264 e. The number of hydrogen-bond donors (Lipinski definition) is 2. The van der Waals surface area contributed by atoms with Crippen LogP contribution in [0.3, 0.4) is 0 Å². The number of carbonyl (C=O) groups excluding carboxylic acids is 1. The summed E-state index contributed by atoms with van der Waals surface area (Å²) in [5.41, 5.74) is 8.08. The zero-order valence-corrected chi connectivity index (χ0v) is 20.5. The molecule has 6 nitrogen and oxygen atoms in total. The number of amides is 1. The SMILES string of the molecule is Cc1cc(C)c2oc(Cc3ccc(NC(=S)NC(=O)COc4ccc(C)c(C)c4)cc3)nc2c1. The van der Waals surface area contributed by atoms with Crippen LogP contribution in [-0.4, -0.2) is 22.6 Å². The van der Waals surface area contributed by atoms with Crippen LogP contribution in [0.4, 0.5) is 5.69 Å². The number of nitrogens with one attached hydrogen (secondary N) is 2. The predicted molar refractivity (Wildman–Crippen MR) is 139 cm³/mol. The smallest absolute Gasteiger partial charge is 0.264 e. The van der Waals surface area contributed by atoms with Crippen LogP contribution < -0.4 is 15.4 Å². The third-order valence-electron chi connectivity index (χ3n) is 5.53. The largest absolute Gasteiger partial charge is 0.484 e. The number of fused-ring (bicyclic) bond motifs is 1. The molecule has 1 aromatic heterocycles. The minimum atomic E-state index is -0.325. The van der Waals surface area contributed by atoms with Gasteiger partial charge in [-0.15, -0.1) is 0 Å². The highest BCUT2D eigenvalue weighted by molar-refractivity contribution is 7.80. The van der Waals surface area contributed by atoms with Crippen molar-refractivity contribution in [2.45, 2.75) is 34.1 Å². The van der Waals surface area contributed by atoms with E-state index in [2.05, 4.69) is 28.6 Å². The molecule has 0 saturated carbocycles. The fourth-order valence-electron chi connectivity index (χ4n) is 3.66. The van der Waals surface area contributed by atoms with Crippen molar-refractivity contribution in [2.75, 3.05) is 11.9 Å². The van der Waals surface area contributed by atoms with Gasteiger partial charge in [-0.1, -0.05) is 24.3 Å². The number of aryl methyl sites for hydroxylation is 4. The number of benzene rings is 3. The van der Waals surface area contributed by atoms with Crippen LogP contribution in [0.1, 0.15) is 33.7 Å². The first kappa shape index (κ1) is 23.4. The van der Waals surface area contributed by atoms with Crippen LogP contribution in [0.15, 0.2) is 59.0 Å². The van der Waals surface area contributed by atoms with Gasteiger partial charge in [0.1, 0.15) is 11.3 Å². The number of aromatic nitrogens is 1. The molecule has 0 unspecified atom stereocenters. The highest BCUT2D eigenvalue weighted by atomic mass is 32.1. The third-order valence-corrected chi connectivity index (χ3v) is 5.74. The van der Waals surface area contributed by atoms with Gasteiger partial charge in [0.15, 0.2) is 23.2 Å². The lowest BCUT2D eigenvalue weighted by atomic mass is 10.1. The molecule has 0 radical (unpaired) electrons. The lowest BCUT2D eigenvalue weighted by Crippen LogP contribution is -2.37. The lowest BCUT2D eigenvalue weighted by Gasteiger charge is -2.11. The van der Waals surface area contributed by atoms with E-state index in [1.807, 2.05) is 69.3 Å². The molecule has 1 heterocycles. The molecular formula is C27H27N3O3S. The van der Waals surface area contributed by atoms with E-state index in [1.165, 1.54) is 11.1 Å². The molecule has 0 saturated heterocycles. The Hall–Kier alpha value is -3.71. The molecule has 7 heteroatoms. The van der Waals surface area contributed by atoms with Crippen molar-refractivity contribution < 1.29 is 13.9 Å². The summed E-state index contributed by atoms with van der Waals surface area (Å²) in [5, 5.41) is 5.87. The van der Waals surface area contributed by atoms with E-state index in [-0.39, 0.29) is 17.6 Å². The number of rotatable bonds is 6. The van der Waals surface area contributed by atoms with Gasteiger partial charge in [-0.05, 0) is 98.1 Å². The van der Waals surface area contributed by atoms with Crippen molar-refractivity contribution >= 4 is 40.0 Å². The number of oxazole rings is 1. The van der Waals surface area contributed by atoms with Gasteiger partial charge in [0.25, 0.3) is 5.91 Å². The highest BCUT2D eigenvalue weighted by Crippen LogP contribution is 2.23. The first-order chi connectivity index (χ1) is 16.3. The molecule has 0 aliphatic carbocycles. The van der Waals surface area contributed by atoms with Gasteiger partial charge in [0.05, 0.1) is 0 Å². The molecule has 0 aliphatic rings. The minimum Gasteiger partial charge on any atom is -0.484 e. The summed E-state index contributed by atoms with van der Waals surface area (Å²) >= 11 is 5.25. The minimum absolute atomic E-state index is 0.118. The molecule has 1 amide bonds. The summed E-state index contributed by atoms with van der Waals surface area (Å²) in [7, 11) is 0. The molecular weight excluding hydrogens is 446 g/mol. The topological polar surface area (TPSA) is 76.4 Å². The molecule has 0 bridgehead atoms. The molecule has 0 fully saturated rings. The van der Waals surface area contributed by atoms with Crippen LogP contribution >= 0.6 is 12.2 Å². The van der Waals surface area contributed by atoms with Crippen LogP contribution in [0.5, 0.6) is 5.75 Å². The summed E-state index contributed by atoms with van der Waals surface area (Å²) in [6.45, 7) is 7.99. The first-order valence-electron chi connectivity index (χ1n) is 11.0. The van der Waals surface area contributed by atoms with Gasteiger partial charge < -0.3 is 14.5 Å². The molecule has 0 aliphatic heterocycles. The summed E-state index contributed by atoms with van der Waals surface area (Å²) in [6, 6.07) is 17.6. The zero-order valence-electron chi connectivity index (χ0n) is 19.7. The maximum atomic E-state index is 12.2. The van der Waals surface area contributed by atoms with Crippen molar-refractivity contribution in [3.8, 4) is 5.75 Å². The quantitative estimate of drug-likeness (QED) is 0.358. The molecule has 174 valence electrons. The number of carbonyl (C=O) groups is 1. The second-order valence-corrected chi connectivity index (χ2v) is 8.86. The summed E-state index contributed by atoms with van der Waals surface area (Å²) < 4.78 is 11.5. The Bertz CT molecular complexity index is 1360. The van der Waals surface area contributed by atoms with E-state index in [0.717, 1.165) is 33.5 Å². The van der Waals surface area contributed by atoms with E-state index < -0.39 is 0 Å². The fourth-order valence-corrected chi connectivity index (χ4v) is 3.89. The molecule has 4 aromatic rings. The van der Waals surface area contributed by atoms with E-state index in [9.17, 15) is 4.79 Å². The Morgan fingerprint density at radius 3 is 2.47 bits per heavy atom. The summed E-state index contributed by atoms with van der Waals surface area (Å²) in [5.74, 6) is 1.00. The molecule has 4 rings (SSSR count). The lowest BCUT2D eigenvalue weighted by molar-refractivity contribution is -0.121.